The monoisotopic (exact) mass is 262 g/mol. The summed E-state index contributed by atoms with van der Waals surface area (Å²) in [6, 6.07) is 1.19. The molecule has 19 heavy (non-hydrogen) atoms. The lowest BCUT2D eigenvalue weighted by Gasteiger charge is -2.06. The summed E-state index contributed by atoms with van der Waals surface area (Å²) in [6.45, 7) is 1.70. The van der Waals surface area contributed by atoms with E-state index >= 15 is 0 Å². The normalized spacial score (nSPS) is 11.5. The molecule has 0 bridgehead atoms. The highest BCUT2D eigenvalue weighted by molar-refractivity contribution is 5.97. The Morgan fingerprint density at radius 1 is 1.58 bits per heavy atom. The third-order valence-corrected chi connectivity index (χ3v) is 2.50. The smallest absolute Gasteiger partial charge is 0.313 e. The van der Waals surface area contributed by atoms with E-state index in [4.69, 9.17) is 10.9 Å². The zero-order valence-electron chi connectivity index (χ0n) is 9.89. The molecule has 2 rings (SSSR count). The number of aryl methyl sites for hydroxylation is 1. The van der Waals surface area contributed by atoms with Gasteiger partial charge < -0.3 is 10.9 Å². The molecule has 0 fully saturated rings. The fraction of sp³-hybridized carbons (Fsp3) is 0.100. The van der Waals surface area contributed by atoms with Crippen molar-refractivity contribution in [1.29, 1.82) is 0 Å². The van der Waals surface area contributed by atoms with Gasteiger partial charge in [0.2, 0.25) is 5.82 Å². The number of imidazole rings is 1. The van der Waals surface area contributed by atoms with Crippen LogP contribution in [0.2, 0.25) is 0 Å². The van der Waals surface area contributed by atoms with E-state index in [2.05, 4.69) is 15.1 Å². The molecule has 0 aromatic carbocycles. The van der Waals surface area contributed by atoms with Crippen LogP contribution in [-0.2, 0) is 0 Å². The third-order valence-electron chi connectivity index (χ3n) is 2.50. The van der Waals surface area contributed by atoms with Crippen LogP contribution in [0.15, 0.2) is 29.8 Å². The second-order valence-corrected chi connectivity index (χ2v) is 3.65. The third kappa shape index (κ3) is 2.20. The lowest BCUT2D eigenvalue weighted by Crippen LogP contribution is -2.15. The van der Waals surface area contributed by atoms with Gasteiger partial charge in [0.05, 0.1) is 4.92 Å². The van der Waals surface area contributed by atoms with Crippen molar-refractivity contribution in [3.63, 3.8) is 0 Å². The maximum absolute atomic E-state index is 11.1. The van der Waals surface area contributed by atoms with Crippen LogP contribution in [0.3, 0.4) is 0 Å². The molecule has 0 aliphatic rings. The lowest BCUT2D eigenvalue weighted by atomic mass is 10.2. The van der Waals surface area contributed by atoms with E-state index in [-0.39, 0.29) is 22.9 Å². The van der Waals surface area contributed by atoms with Gasteiger partial charge in [-0.05, 0) is 6.92 Å². The van der Waals surface area contributed by atoms with E-state index in [1.165, 1.54) is 23.0 Å². The van der Waals surface area contributed by atoms with Crippen LogP contribution in [0.25, 0.3) is 5.82 Å². The summed E-state index contributed by atoms with van der Waals surface area (Å²) in [7, 11) is 0. The Morgan fingerprint density at radius 3 is 2.84 bits per heavy atom. The van der Waals surface area contributed by atoms with Gasteiger partial charge >= 0.3 is 5.69 Å². The molecule has 0 unspecified atom stereocenters. The Bertz CT molecular complexity index is 663. The number of oxime groups is 1. The molecule has 0 saturated carbocycles. The van der Waals surface area contributed by atoms with Crippen molar-refractivity contribution in [2.45, 2.75) is 6.92 Å². The summed E-state index contributed by atoms with van der Waals surface area (Å²) in [5, 5.41) is 22.4. The van der Waals surface area contributed by atoms with Gasteiger partial charge in [0.15, 0.2) is 5.84 Å². The molecule has 98 valence electrons. The first-order valence-electron chi connectivity index (χ1n) is 5.17. The first-order valence-corrected chi connectivity index (χ1v) is 5.17. The maximum atomic E-state index is 11.1. The van der Waals surface area contributed by atoms with Crippen molar-refractivity contribution < 1.29 is 10.1 Å². The fourth-order valence-corrected chi connectivity index (χ4v) is 1.57. The first-order chi connectivity index (χ1) is 9.04. The van der Waals surface area contributed by atoms with Crippen LogP contribution in [0.4, 0.5) is 5.69 Å². The predicted octanol–water partition coefficient (Wildman–Crippen LogP) is 0.578. The molecular weight excluding hydrogens is 252 g/mol. The van der Waals surface area contributed by atoms with Crippen LogP contribution < -0.4 is 5.73 Å². The van der Waals surface area contributed by atoms with E-state index in [0.29, 0.717) is 5.82 Å². The largest absolute Gasteiger partial charge is 0.409 e. The summed E-state index contributed by atoms with van der Waals surface area (Å²) in [4.78, 5) is 18.5. The van der Waals surface area contributed by atoms with Gasteiger partial charge in [-0.3, -0.25) is 14.7 Å². The van der Waals surface area contributed by atoms with Crippen LogP contribution in [0, 0.1) is 17.0 Å². The van der Waals surface area contributed by atoms with Crippen LogP contribution in [0.1, 0.15) is 11.4 Å². The Balaban J connectivity index is 2.63. The summed E-state index contributed by atoms with van der Waals surface area (Å²) in [5.41, 5.74) is 5.28. The second kappa shape index (κ2) is 4.72. The molecule has 9 nitrogen and oxygen atoms in total. The fourth-order valence-electron chi connectivity index (χ4n) is 1.57. The Kier molecular flexibility index (Phi) is 3.10. The SMILES string of the molecule is Cc1nccn1-c1ncc(/C(N)=N/O)cc1[N+](=O)[O-]. The van der Waals surface area contributed by atoms with Crippen molar-refractivity contribution in [3.8, 4) is 5.82 Å². The summed E-state index contributed by atoms with van der Waals surface area (Å²) < 4.78 is 1.48. The van der Waals surface area contributed by atoms with Gasteiger partial charge in [-0.15, -0.1) is 0 Å². The molecule has 2 heterocycles. The Hall–Kier alpha value is -2.97. The molecule has 0 spiro atoms. The average Bonchev–Trinajstić information content (AvgIpc) is 2.83. The molecule has 2 aromatic heterocycles. The Labute approximate surface area is 107 Å². The summed E-state index contributed by atoms with van der Waals surface area (Å²) in [6.07, 6.45) is 4.36. The number of hydrogen-bond donors (Lipinski definition) is 2. The minimum Gasteiger partial charge on any atom is -0.409 e. The van der Waals surface area contributed by atoms with Crippen molar-refractivity contribution in [1.82, 2.24) is 14.5 Å². The molecule has 3 N–H and O–H groups in total. The quantitative estimate of drug-likeness (QED) is 0.273. The van der Waals surface area contributed by atoms with Crippen LogP contribution >= 0.6 is 0 Å². The molecule has 0 atom stereocenters. The van der Waals surface area contributed by atoms with Crippen molar-refractivity contribution >= 4 is 11.5 Å². The number of nitrogens with zero attached hydrogens (tertiary/aromatic N) is 5. The maximum Gasteiger partial charge on any atom is 0.313 e. The number of nitrogens with two attached hydrogens (primary N) is 1. The van der Waals surface area contributed by atoms with Gasteiger partial charge in [-0.25, -0.2) is 9.97 Å². The van der Waals surface area contributed by atoms with Gasteiger partial charge in [0.1, 0.15) is 5.82 Å². The molecule has 0 aliphatic heterocycles. The minimum atomic E-state index is -0.587. The zero-order valence-corrected chi connectivity index (χ0v) is 9.89. The second-order valence-electron chi connectivity index (χ2n) is 3.65. The highest BCUT2D eigenvalue weighted by atomic mass is 16.6. The van der Waals surface area contributed by atoms with Crippen LogP contribution in [-0.4, -0.2) is 30.5 Å². The van der Waals surface area contributed by atoms with Gasteiger partial charge in [-0.2, -0.15) is 0 Å². The molecule has 0 amide bonds. The van der Waals surface area contributed by atoms with E-state index in [1.807, 2.05) is 0 Å². The predicted molar refractivity (Wildman–Crippen MR) is 65.3 cm³/mol. The number of amidine groups is 1. The number of aromatic nitrogens is 3. The highest BCUT2D eigenvalue weighted by Gasteiger charge is 2.20. The van der Waals surface area contributed by atoms with E-state index in [0.717, 1.165) is 0 Å². The molecule has 0 radical (unpaired) electrons. The van der Waals surface area contributed by atoms with Crippen molar-refractivity contribution in [2.24, 2.45) is 10.9 Å². The van der Waals surface area contributed by atoms with E-state index < -0.39 is 4.92 Å². The molecule has 9 heteroatoms. The average molecular weight is 262 g/mol. The minimum absolute atomic E-state index is 0.120. The standard InChI is InChI=1S/C10H10N6O3/c1-6-12-2-3-15(6)10-8(16(18)19)4-7(5-13-10)9(11)14-17/h2-5,17H,1H3,(H2,11,14). The van der Waals surface area contributed by atoms with E-state index in [1.54, 1.807) is 13.1 Å². The lowest BCUT2D eigenvalue weighted by molar-refractivity contribution is -0.384. The molecular formula is C10H10N6O3. The zero-order chi connectivity index (χ0) is 14.0. The van der Waals surface area contributed by atoms with Crippen molar-refractivity contribution in [3.05, 3.63) is 46.2 Å². The summed E-state index contributed by atoms with van der Waals surface area (Å²) in [5.74, 6) is 0.436. The van der Waals surface area contributed by atoms with Gasteiger partial charge in [0, 0.05) is 30.2 Å². The molecule has 2 aromatic rings. The Morgan fingerprint density at radius 2 is 2.32 bits per heavy atom. The van der Waals surface area contributed by atoms with Gasteiger partial charge in [0.25, 0.3) is 0 Å². The number of pyridine rings is 1. The van der Waals surface area contributed by atoms with Gasteiger partial charge in [-0.1, -0.05) is 5.16 Å². The van der Waals surface area contributed by atoms with E-state index in [9.17, 15) is 10.1 Å². The number of rotatable bonds is 3. The molecule has 0 saturated heterocycles. The number of hydrogen-bond acceptors (Lipinski definition) is 6. The number of nitro groups is 1. The highest BCUT2D eigenvalue weighted by Crippen LogP contribution is 2.22. The van der Waals surface area contributed by atoms with Crippen molar-refractivity contribution in [2.75, 3.05) is 0 Å². The van der Waals surface area contributed by atoms with Crippen LogP contribution in [0.5, 0.6) is 0 Å². The first kappa shape index (κ1) is 12.5. The topological polar surface area (TPSA) is 132 Å². The molecule has 0 aliphatic carbocycles. The summed E-state index contributed by atoms with van der Waals surface area (Å²) >= 11 is 0.